The van der Waals surface area contributed by atoms with Gasteiger partial charge in [0.1, 0.15) is 5.82 Å². The maximum absolute atomic E-state index is 5.83. The molecule has 1 heterocycles. The van der Waals surface area contributed by atoms with Gasteiger partial charge in [0.05, 0.1) is 17.1 Å². The molecule has 2 rings (SSSR count). The number of hydrogen-bond acceptors (Lipinski definition) is 3. The summed E-state index contributed by atoms with van der Waals surface area (Å²) in [7, 11) is 0. The second-order valence-corrected chi connectivity index (χ2v) is 5.81. The Kier molecular flexibility index (Phi) is 5.37. The first-order chi connectivity index (χ1) is 10.1. The number of benzene rings is 1. The van der Waals surface area contributed by atoms with Gasteiger partial charge in [-0.25, -0.2) is 4.98 Å². The summed E-state index contributed by atoms with van der Waals surface area (Å²) in [5.41, 5.74) is 8.09. The molecule has 0 fully saturated rings. The zero-order valence-corrected chi connectivity index (χ0v) is 13.7. The third-order valence-electron chi connectivity index (χ3n) is 4.14. The molecule has 0 aliphatic rings. The molecule has 4 nitrogen and oxygen atoms in total. The van der Waals surface area contributed by atoms with E-state index in [9.17, 15) is 0 Å². The number of rotatable bonds is 7. The third-order valence-corrected chi connectivity index (χ3v) is 4.14. The van der Waals surface area contributed by atoms with Gasteiger partial charge in [0, 0.05) is 13.1 Å². The Bertz CT molecular complexity index is 569. The zero-order chi connectivity index (χ0) is 15.4. The summed E-state index contributed by atoms with van der Waals surface area (Å²) in [6.07, 6.45) is 0. The van der Waals surface area contributed by atoms with E-state index in [1.165, 1.54) is 5.52 Å². The van der Waals surface area contributed by atoms with E-state index >= 15 is 0 Å². The van der Waals surface area contributed by atoms with Crippen LogP contribution in [0.3, 0.4) is 0 Å². The average molecular weight is 288 g/mol. The second kappa shape index (κ2) is 7.05. The summed E-state index contributed by atoms with van der Waals surface area (Å²) in [4.78, 5) is 7.42. The van der Waals surface area contributed by atoms with Crippen molar-refractivity contribution in [3.8, 4) is 0 Å². The predicted octanol–water partition coefficient (Wildman–Crippen LogP) is 3.03. The minimum Gasteiger partial charge on any atom is -0.329 e. The molecule has 1 atom stereocenters. The van der Waals surface area contributed by atoms with Crippen LogP contribution < -0.4 is 5.73 Å². The highest BCUT2D eigenvalue weighted by Crippen LogP contribution is 2.30. The van der Waals surface area contributed by atoms with Crippen molar-refractivity contribution in [2.75, 3.05) is 19.6 Å². The molecule has 0 saturated heterocycles. The van der Waals surface area contributed by atoms with Gasteiger partial charge in [-0.3, -0.25) is 4.90 Å². The molecular weight excluding hydrogens is 260 g/mol. The zero-order valence-electron chi connectivity index (χ0n) is 13.7. The van der Waals surface area contributed by atoms with Gasteiger partial charge < -0.3 is 10.3 Å². The molecule has 2 N–H and O–H groups in total. The fourth-order valence-corrected chi connectivity index (χ4v) is 3.18. The van der Waals surface area contributed by atoms with Crippen LogP contribution in [0.2, 0.25) is 0 Å². The summed E-state index contributed by atoms with van der Waals surface area (Å²) < 4.78 is 2.30. The molecule has 0 bridgehead atoms. The van der Waals surface area contributed by atoms with E-state index in [2.05, 4.69) is 55.4 Å². The number of aromatic nitrogens is 2. The molecule has 4 heteroatoms. The molecule has 1 unspecified atom stereocenters. The maximum atomic E-state index is 5.83. The fourth-order valence-electron chi connectivity index (χ4n) is 3.18. The maximum Gasteiger partial charge on any atom is 0.127 e. The Morgan fingerprint density at radius 2 is 1.86 bits per heavy atom. The Morgan fingerprint density at radius 1 is 1.19 bits per heavy atom. The van der Waals surface area contributed by atoms with E-state index in [1.807, 2.05) is 6.07 Å². The number of nitrogens with two attached hydrogens (primary N) is 1. The molecular formula is C17H28N4. The lowest BCUT2D eigenvalue weighted by Crippen LogP contribution is -2.34. The minimum absolute atomic E-state index is 0.332. The van der Waals surface area contributed by atoms with Gasteiger partial charge in [-0.15, -0.1) is 0 Å². The summed E-state index contributed by atoms with van der Waals surface area (Å²) in [6.45, 7) is 12.5. The molecule has 1 aromatic carbocycles. The van der Waals surface area contributed by atoms with Crippen LogP contribution in [0.1, 0.15) is 39.6 Å². The standard InChI is InChI=1S/C17H28N4/c1-5-20(6-2)16(13(3)4)17-19-14-9-7-8-10-15(14)21(17)12-11-18/h7-10,13,16H,5-6,11-12,18H2,1-4H3. The monoisotopic (exact) mass is 288 g/mol. The van der Waals surface area contributed by atoms with Gasteiger partial charge in [-0.05, 0) is 31.1 Å². The van der Waals surface area contributed by atoms with Crippen LogP contribution in [0.15, 0.2) is 24.3 Å². The van der Waals surface area contributed by atoms with E-state index in [0.29, 0.717) is 18.5 Å². The van der Waals surface area contributed by atoms with Crippen LogP contribution in [0, 0.1) is 5.92 Å². The van der Waals surface area contributed by atoms with Crippen LogP contribution in [-0.4, -0.2) is 34.1 Å². The van der Waals surface area contributed by atoms with Gasteiger partial charge in [0.25, 0.3) is 0 Å². The van der Waals surface area contributed by atoms with Crippen molar-refractivity contribution in [2.24, 2.45) is 11.7 Å². The molecule has 21 heavy (non-hydrogen) atoms. The average Bonchev–Trinajstić information content (AvgIpc) is 2.83. The Hall–Kier alpha value is -1.39. The second-order valence-electron chi connectivity index (χ2n) is 5.81. The van der Waals surface area contributed by atoms with Crippen molar-refractivity contribution in [1.29, 1.82) is 0 Å². The van der Waals surface area contributed by atoms with E-state index in [4.69, 9.17) is 10.7 Å². The Labute approximate surface area is 128 Å². The fraction of sp³-hybridized carbons (Fsp3) is 0.588. The number of para-hydroxylation sites is 2. The van der Waals surface area contributed by atoms with E-state index in [1.54, 1.807) is 0 Å². The van der Waals surface area contributed by atoms with E-state index < -0.39 is 0 Å². The van der Waals surface area contributed by atoms with Crippen molar-refractivity contribution in [1.82, 2.24) is 14.5 Å². The van der Waals surface area contributed by atoms with Gasteiger partial charge in [0.2, 0.25) is 0 Å². The van der Waals surface area contributed by atoms with E-state index in [-0.39, 0.29) is 0 Å². The van der Waals surface area contributed by atoms with Crippen LogP contribution >= 0.6 is 0 Å². The van der Waals surface area contributed by atoms with Crippen molar-refractivity contribution in [2.45, 2.75) is 40.3 Å². The highest BCUT2D eigenvalue weighted by molar-refractivity contribution is 5.76. The van der Waals surface area contributed by atoms with Crippen LogP contribution in [-0.2, 0) is 6.54 Å². The summed E-state index contributed by atoms with van der Waals surface area (Å²) in [5.74, 6) is 1.67. The number of nitrogens with zero attached hydrogens (tertiary/aromatic N) is 3. The molecule has 0 amide bonds. The lowest BCUT2D eigenvalue weighted by atomic mass is 10.0. The lowest BCUT2D eigenvalue weighted by molar-refractivity contribution is 0.160. The van der Waals surface area contributed by atoms with Crippen LogP contribution in [0.25, 0.3) is 11.0 Å². The predicted molar refractivity (Wildman–Crippen MR) is 89.3 cm³/mol. The smallest absolute Gasteiger partial charge is 0.127 e. The molecule has 2 aromatic rings. The van der Waals surface area contributed by atoms with Crippen LogP contribution in [0.5, 0.6) is 0 Å². The number of hydrogen-bond donors (Lipinski definition) is 1. The summed E-state index contributed by atoms with van der Waals surface area (Å²) >= 11 is 0. The largest absolute Gasteiger partial charge is 0.329 e. The van der Waals surface area contributed by atoms with Crippen molar-refractivity contribution in [3.05, 3.63) is 30.1 Å². The first kappa shape index (κ1) is 16.0. The molecule has 0 radical (unpaired) electrons. The normalized spacial score (nSPS) is 13.5. The van der Waals surface area contributed by atoms with E-state index in [0.717, 1.165) is 31.0 Å². The molecule has 0 spiro atoms. The first-order valence-corrected chi connectivity index (χ1v) is 8.03. The number of fused-ring (bicyclic) bond motifs is 1. The topological polar surface area (TPSA) is 47.1 Å². The number of imidazole rings is 1. The SMILES string of the molecule is CCN(CC)C(c1nc2ccccc2n1CCN)C(C)C. The van der Waals surface area contributed by atoms with Crippen molar-refractivity contribution >= 4 is 11.0 Å². The molecule has 116 valence electrons. The van der Waals surface area contributed by atoms with Gasteiger partial charge in [-0.1, -0.05) is 39.8 Å². The first-order valence-electron chi connectivity index (χ1n) is 8.03. The molecule has 0 aliphatic heterocycles. The molecule has 1 aromatic heterocycles. The lowest BCUT2D eigenvalue weighted by Gasteiger charge is -2.32. The van der Waals surface area contributed by atoms with Crippen molar-refractivity contribution in [3.63, 3.8) is 0 Å². The summed E-state index contributed by atoms with van der Waals surface area (Å²) in [6, 6.07) is 8.68. The van der Waals surface area contributed by atoms with Gasteiger partial charge >= 0.3 is 0 Å². The van der Waals surface area contributed by atoms with Crippen LogP contribution in [0.4, 0.5) is 0 Å². The minimum atomic E-state index is 0.332. The Morgan fingerprint density at radius 3 is 2.43 bits per heavy atom. The third kappa shape index (κ3) is 3.11. The van der Waals surface area contributed by atoms with Gasteiger partial charge in [-0.2, -0.15) is 0 Å². The van der Waals surface area contributed by atoms with Crippen molar-refractivity contribution < 1.29 is 0 Å². The molecule has 0 saturated carbocycles. The highest BCUT2D eigenvalue weighted by atomic mass is 15.2. The van der Waals surface area contributed by atoms with Gasteiger partial charge in [0.15, 0.2) is 0 Å². The summed E-state index contributed by atoms with van der Waals surface area (Å²) in [5, 5.41) is 0. The molecule has 0 aliphatic carbocycles. The Balaban J connectivity index is 2.58. The highest BCUT2D eigenvalue weighted by Gasteiger charge is 2.27. The quantitative estimate of drug-likeness (QED) is 0.852.